The first-order chi connectivity index (χ1) is 18.6. The van der Waals surface area contributed by atoms with Crippen LogP contribution in [0.5, 0.6) is 0 Å². The number of hydrogen-bond donors (Lipinski definition) is 1. The van der Waals surface area contributed by atoms with E-state index in [0.717, 1.165) is 23.3 Å². The van der Waals surface area contributed by atoms with E-state index < -0.39 is 22.6 Å². The maximum atomic E-state index is 13.2. The van der Waals surface area contributed by atoms with E-state index in [1.54, 1.807) is 6.07 Å². The van der Waals surface area contributed by atoms with Crippen LogP contribution in [0.2, 0.25) is 0 Å². The van der Waals surface area contributed by atoms with Gasteiger partial charge in [-0.05, 0) is 41.8 Å². The molecule has 1 heterocycles. The van der Waals surface area contributed by atoms with Gasteiger partial charge in [-0.3, -0.25) is 14.9 Å². The van der Waals surface area contributed by atoms with E-state index in [0.29, 0.717) is 35.2 Å². The van der Waals surface area contributed by atoms with Gasteiger partial charge in [0.25, 0.3) is 5.69 Å². The van der Waals surface area contributed by atoms with Gasteiger partial charge in [-0.1, -0.05) is 42.0 Å². The Balaban J connectivity index is 1.83. The quantitative estimate of drug-likeness (QED) is 0.148. The first-order valence-electron chi connectivity index (χ1n) is 12.3. The molecule has 0 spiro atoms. The number of carbonyl (C=O) groups is 1. The van der Waals surface area contributed by atoms with Crippen molar-refractivity contribution < 1.29 is 27.6 Å². The van der Waals surface area contributed by atoms with Crippen LogP contribution in [0.1, 0.15) is 40.2 Å². The zero-order valence-corrected chi connectivity index (χ0v) is 21.5. The molecule has 0 saturated carbocycles. The van der Waals surface area contributed by atoms with Crippen LogP contribution in [-0.4, -0.2) is 35.7 Å². The number of nitro benzene ring substituents is 1. The van der Waals surface area contributed by atoms with Crippen molar-refractivity contribution in [3.63, 3.8) is 0 Å². The van der Waals surface area contributed by atoms with E-state index >= 15 is 0 Å². The lowest BCUT2D eigenvalue weighted by Gasteiger charge is -2.18. The number of halogens is 3. The molecule has 1 amide bonds. The monoisotopic (exact) mass is 539 g/mol. The topological polar surface area (TPSA) is 86.4 Å². The number of carbonyl (C=O) groups excluding carboxylic acids is 1. The third-order valence-corrected chi connectivity index (χ3v) is 6.61. The molecule has 0 aliphatic rings. The molecule has 7 nitrogen and oxygen atoms in total. The molecule has 1 N–H and O–H groups in total. The van der Waals surface area contributed by atoms with Gasteiger partial charge in [0, 0.05) is 61.8 Å². The highest BCUT2D eigenvalue weighted by atomic mass is 19.4. The second-order valence-corrected chi connectivity index (χ2v) is 9.38. The van der Waals surface area contributed by atoms with Crippen molar-refractivity contribution in [2.75, 3.05) is 20.3 Å². The van der Waals surface area contributed by atoms with E-state index in [1.807, 2.05) is 42.0 Å². The fourth-order valence-electron chi connectivity index (χ4n) is 4.59. The van der Waals surface area contributed by atoms with Gasteiger partial charge in [-0.2, -0.15) is 13.2 Å². The largest absolute Gasteiger partial charge is 0.416 e. The molecule has 4 aromatic rings. The molecular weight excluding hydrogens is 511 g/mol. The highest BCUT2D eigenvalue weighted by Crippen LogP contribution is 2.38. The molecule has 39 heavy (non-hydrogen) atoms. The van der Waals surface area contributed by atoms with Crippen LogP contribution in [0, 0.1) is 17.0 Å². The minimum atomic E-state index is -4.50. The average molecular weight is 540 g/mol. The number of amides is 1. The fraction of sp³-hybridized carbons (Fsp3) is 0.276. The number of non-ortho nitro benzene ring substituents is 1. The van der Waals surface area contributed by atoms with Crippen LogP contribution in [0.4, 0.5) is 18.9 Å². The summed E-state index contributed by atoms with van der Waals surface area (Å²) in [6.45, 7) is 3.03. The number of fused-ring (bicyclic) bond motifs is 1. The van der Waals surface area contributed by atoms with Crippen molar-refractivity contribution in [3.05, 3.63) is 111 Å². The lowest BCUT2D eigenvalue weighted by atomic mass is 9.87. The molecule has 10 heteroatoms. The smallest absolute Gasteiger partial charge is 0.383 e. The van der Waals surface area contributed by atoms with Crippen LogP contribution in [0.3, 0.4) is 0 Å². The van der Waals surface area contributed by atoms with Crippen LogP contribution in [-0.2, 0) is 22.3 Å². The number of methoxy groups -OCH3 is 1. The number of aryl methyl sites for hydroxylation is 1. The number of benzene rings is 3. The Morgan fingerprint density at radius 1 is 1.08 bits per heavy atom. The minimum absolute atomic E-state index is 0.0680. The molecule has 0 aliphatic heterocycles. The van der Waals surface area contributed by atoms with Gasteiger partial charge < -0.3 is 14.6 Å². The summed E-state index contributed by atoms with van der Waals surface area (Å²) in [5.74, 6) is -0.972. The summed E-state index contributed by atoms with van der Waals surface area (Å²) in [6.07, 6.45) is -2.74. The lowest BCUT2D eigenvalue weighted by molar-refractivity contribution is -0.384. The summed E-state index contributed by atoms with van der Waals surface area (Å²) < 4.78 is 46.7. The molecule has 0 aliphatic carbocycles. The first kappa shape index (κ1) is 27.8. The normalized spacial score (nSPS) is 12.4. The molecule has 0 radical (unpaired) electrons. The number of ether oxygens (including phenoxy) is 1. The third kappa shape index (κ3) is 6.64. The van der Waals surface area contributed by atoms with E-state index in [4.69, 9.17) is 4.74 Å². The van der Waals surface area contributed by atoms with E-state index in [-0.39, 0.29) is 24.6 Å². The van der Waals surface area contributed by atoms with Gasteiger partial charge >= 0.3 is 6.18 Å². The summed E-state index contributed by atoms with van der Waals surface area (Å²) in [5.41, 5.74) is 3.01. The summed E-state index contributed by atoms with van der Waals surface area (Å²) in [5, 5.41) is 14.9. The number of nitrogens with one attached hydrogen (secondary N) is 1. The predicted octanol–water partition coefficient (Wildman–Crippen LogP) is 6.21. The molecule has 1 atom stereocenters. The van der Waals surface area contributed by atoms with Crippen molar-refractivity contribution in [3.8, 4) is 0 Å². The number of alkyl halides is 3. The Hall–Kier alpha value is -4.18. The van der Waals surface area contributed by atoms with Crippen molar-refractivity contribution in [1.82, 2.24) is 9.88 Å². The molecule has 1 aromatic heterocycles. The Kier molecular flexibility index (Phi) is 8.35. The molecule has 1 unspecified atom stereocenters. The third-order valence-electron chi connectivity index (χ3n) is 6.61. The number of hydrogen-bond acceptors (Lipinski definition) is 4. The summed E-state index contributed by atoms with van der Waals surface area (Å²) >= 11 is 0. The van der Waals surface area contributed by atoms with Crippen molar-refractivity contribution in [1.29, 1.82) is 0 Å². The van der Waals surface area contributed by atoms with Gasteiger partial charge in [0.2, 0.25) is 5.91 Å². The molecule has 204 valence electrons. The van der Waals surface area contributed by atoms with Gasteiger partial charge in [0.05, 0.1) is 17.1 Å². The van der Waals surface area contributed by atoms with Crippen LogP contribution in [0.15, 0.2) is 72.9 Å². The second kappa shape index (κ2) is 11.7. The van der Waals surface area contributed by atoms with Crippen LogP contribution >= 0.6 is 0 Å². The maximum absolute atomic E-state index is 13.2. The molecule has 0 bridgehead atoms. The molecule has 0 saturated heterocycles. The number of nitro groups is 1. The molecule has 3 aromatic carbocycles. The van der Waals surface area contributed by atoms with Gasteiger partial charge in [0.1, 0.15) is 0 Å². The summed E-state index contributed by atoms with van der Waals surface area (Å²) in [6, 6.07) is 17.2. The van der Waals surface area contributed by atoms with E-state index in [1.165, 1.54) is 31.4 Å². The fourth-order valence-corrected chi connectivity index (χ4v) is 4.59. The zero-order chi connectivity index (χ0) is 28.2. The van der Waals surface area contributed by atoms with Gasteiger partial charge in [0.15, 0.2) is 0 Å². The maximum Gasteiger partial charge on any atom is 0.416 e. The summed E-state index contributed by atoms with van der Waals surface area (Å²) in [7, 11) is 1.51. The SMILES string of the molecule is COCCNC(=O)CC(c1ccc(C(F)(F)F)cc1)c1cn(Cc2ccc(C)cc2)c2ccc([N+](=O)[O-])cc12. The number of aromatic nitrogens is 1. The van der Waals surface area contributed by atoms with E-state index in [2.05, 4.69) is 5.32 Å². The Morgan fingerprint density at radius 2 is 1.77 bits per heavy atom. The van der Waals surface area contributed by atoms with Gasteiger partial charge in [-0.15, -0.1) is 0 Å². The highest BCUT2D eigenvalue weighted by Gasteiger charge is 2.31. The Morgan fingerprint density at radius 3 is 2.38 bits per heavy atom. The van der Waals surface area contributed by atoms with Crippen molar-refractivity contribution >= 4 is 22.5 Å². The zero-order valence-electron chi connectivity index (χ0n) is 21.5. The second-order valence-electron chi connectivity index (χ2n) is 9.38. The van der Waals surface area contributed by atoms with Crippen LogP contribution in [0.25, 0.3) is 10.9 Å². The standard InChI is InChI=1S/C29H28F3N3O4/c1-19-3-5-20(6-4-19)17-34-18-26(25-15-23(35(37)38)11-12-27(25)34)24(16-28(36)33-13-14-39-2)21-7-9-22(10-8-21)29(30,31)32/h3-12,15,18,24H,13-14,16-17H2,1-2H3,(H,33,36). The first-order valence-corrected chi connectivity index (χ1v) is 12.3. The van der Waals surface area contributed by atoms with E-state index in [9.17, 15) is 28.1 Å². The highest BCUT2D eigenvalue weighted by molar-refractivity contribution is 5.88. The number of nitrogens with zero attached hydrogens (tertiary/aromatic N) is 2. The minimum Gasteiger partial charge on any atom is -0.383 e. The lowest BCUT2D eigenvalue weighted by Crippen LogP contribution is -2.28. The summed E-state index contributed by atoms with van der Waals surface area (Å²) in [4.78, 5) is 24.0. The van der Waals surface area contributed by atoms with Crippen molar-refractivity contribution in [2.45, 2.75) is 32.0 Å². The number of rotatable bonds is 10. The van der Waals surface area contributed by atoms with Crippen molar-refractivity contribution in [2.24, 2.45) is 0 Å². The van der Waals surface area contributed by atoms with Crippen LogP contribution < -0.4 is 5.32 Å². The molecule has 0 fully saturated rings. The molecular formula is C29H28F3N3O4. The molecule has 4 rings (SSSR count). The average Bonchev–Trinajstić information content (AvgIpc) is 3.25. The van der Waals surface area contributed by atoms with Gasteiger partial charge in [-0.25, -0.2) is 0 Å². The predicted molar refractivity (Wildman–Crippen MR) is 142 cm³/mol. The Labute approximate surface area is 223 Å². The Bertz CT molecular complexity index is 1460.